The lowest BCUT2D eigenvalue weighted by atomic mass is 10.1. The number of methoxy groups -OCH3 is 1. The largest absolute Gasteiger partial charge is 0.493 e. The summed E-state index contributed by atoms with van der Waals surface area (Å²) in [6.45, 7) is 4.59. The van der Waals surface area contributed by atoms with Crippen LogP contribution in [-0.4, -0.2) is 31.4 Å². The third-order valence-corrected chi connectivity index (χ3v) is 3.90. The number of aryl methyl sites for hydroxylation is 1. The number of benzene rings is 2. The molecule has 0 aliphatic carbocycles. The summed E-state index contributed by atoms with van der Waals surface area (Å²) in [4.78, 5) is 11.0. The maximum Gasteiger partial charge on any atom is 0.335 e. The average Bonchev–Trinajstić information content (AvgIpc) is 2.55. The molecule has 2 rings (SSSR count). The fourth-order valence-electron chi connectivity index (χ4n) is 2.16. The Balaban J connectivity index is 2.02. The number of carboxylic acids is 1. The highest BCUT2D eigenvalue weighted by molar-refractivity contribution is 6.32. The molecule has 0 aliphatic rings. The minimum Gasteiger partial charge on any atom is -0.493 e. The molecule has 5 nitrogen and oxygen atoms in total. The first-order chi connectivity index (χ1) is 11.4. The molecule has 1 N–H and O–H groups in total. The molecule has 0 saturated carbocycles. The van der Waals surface area contributed by atoms with Crippen molar-refractivity contribution in [3.63, 3.8) is 0 Å². The van der Waals surface area contributed by atoms with E-state index in [4.69, 9.17) is 30.9 Å². The highest BCUT2D eigenvalue weighted by atomic mass is 35.5. The topological polar surface area (TPSA) is 65.0 Å². The molecule has 2 aromatic rings. The van der Waals surface area contributed by atoms with E-state index >= 15 is 0 Å². The highest BCUT2D eigenvalue weighted by Gasteiger charge is 2.15. The van der Waals surface area contributed by atoms with Crippen molar-refractivity contribution in [1.82, 2.24) is 0 Å². The smallest absolute Gasteiger partial charge is 0.335 e. The second kappa shape index (κ2) is 7.93. The molecular weight excluding hydrogens is 332 g/mol. The molecule has 0 bridgehead atoms. The summed E-state index contributed by atoms with van der Waals surface area (Å²) in [5.74, 6) is 0.290. The maximum atomic E-state index is 11.0. The number of ether oxygens (including phenoxy) is 3. The molecule has 0 aliphatic heterocycles. The van der Waals surface area contributed by atoms with E-state index in [2.05, 4.69) is 0 Å². The van der Waals surface area contributed by atoms with E-state index in [1.54, 1.807) is 0 Å². The van der Waals surface area contributed by atoms with E-state index in [-0.39, 0.29) is 22.9 Å². The van der Waals surface area contributed by atoms with Gasteiger partial charge in [0.25, 0.3) is 0 Å². The van der Waals surface area contributed by atoms with Crippen LogP contribution in [0.1, 0.15) is 21.5 Å². The van der Waals surface area contributed by atoms with Crippen LogP contribution in [0.4, 0.5) is 0 Å². The van der Waals surface area contributed by atoms with Crippen molar-refractivity contribution >= 4 is 17.6 Å². The number of rotatable bonds is 7. The average molecular weight is 351 g/mol. The minimum absolute atomic E-state index is 0.0378. The first kappa shape index (κ1) is 17.9. The molecule has 0 aromatic heterocycles. The van der Waals surface area contributed by atoms with Crippen molar-refractivity contribution in [2.75, 3.05) is 20.3 Å². The third kappa shape index (κ3) is 4.11. The van der Waals surface area contributed by atoms with Gasteiger partial charge in [-0.2, -0.15) is 0 Å². The van der Waals surface area contributed by atoms with Gasteiger partial charge in [0.1, 0.15) is 19.0 Å². The normalized spacial score (nSPS) is 10.3. The van der Waals surface area contributed by atoms with E-state index in [0.717, 1.165) is 16.9 Å². The number of carboxylic acid groups (broad SMARTS) is 1. The van der Waals surface area contributed by atoms with Crippen LogP contribution in [-0.2, 0) is 0 Å². The van der Waals surface area contributed by atoms with Gasteiger partial charge in [0.15, 0.2) is 11.5 Å². The lowest BCUT2D eigenvalue weighted by molar-refractivity contribution is 0.0696. The number of hydrogen-bond acceptors (Lipinski definition) is 4. The zero-order valence-electron chi connectivity index (χ0n) is 13.8. The van der Waals surface area contributed by atoms with Gasteiger partial charge in [-0.15, -0.1) is 0 Å². The van der Waals surface area contributed by atoms with Gasteiger partial charge in [0, 0.05) is 0 Å². The van der Waals surface area contributed by atoms with Gasteiger partial charge in [0.2, 0.25) is 0 Å². The zero-order valence-corrected chi connectivity index (χ0v) is 14.5. The van der Waals surface area contributed by atoms with Crippen LogP contribution < -0.4 is 14.2 Å². The quantitative estimate of drug-likeness (QED) is 0.761. The number of carbonyl (C=O) groups is 1. The van der Waals surface area contributed by atoms with Crippen molar-refractivity contribution in [3.05, 3.63) is 52.0 Å². The van der Waals surface area contributed by atoms with Gasteiger partial charge in [0.05, 0.1) is 17.7 Å². The van der Waals surface area contributed by atoms with Gasteiger partial charge in [-0.1, -0.05) is 23.7 Å². The van der Waals surface area contributed by atoms with E-state index < -0.39 is 5.97 Å². The minimum atomic E-state index is -1.08. The summed E-state index contributed by atoms with van der Waals surface area (Å²) in [6.07, 6.45) is 0. The molecule has 0 saturated heterocycles. The molecule has 0 unspecified atom stereocenters. The fraction of sp³-hybridized carbons (Fsp3) is 0.278. The Hall–Kier alpha value is -2.40. The van der Waals surface area contributed by atoms with Gasteiger partial charge in [-0.3, -0.25) is 0 Å². The summed E-state index contributed by atoms with van der Waals surface area (Å²) in [5, 5.41) is 9.21. The predicted octanol–water partition coefficient (Wildman–Crippen LogP) is 4.12. The zero-order chi connectivity index (χ0) is 17.7. The van der Waals surface area contributed by atoms with Crippen molar-refractivity contribution in [3.8, 4) is 17.2 Å². The van der Waals surface area contributed by atoms with Gasteiger partial charge in [-0.05, 0) is 43.2 Å². The van der Waals surface area contributed by atoms with Crippen LogP contribution in [0.25, 0.3) is 0 Å². The van der Waals surface area contributed by atoms with Crippen LogP contribution in [0, 0.1) is 13.8 Å². The molecular formula is C18H19ClO5. The number of hydrogen-bond donors (Lipinski definition) is 1. The third-order valence-electron chi connectivity index (χ3n) is 3.62. The molecule has 0 atom stereocenters. The van der Waals surface area contributed by atoms with E-state index in [9.17, 15) is 4.79 Å². The summed E-state index contributed by atoms with van der Waals surface area (Å²) in [7, 11) is 1.43. The van der Waals surface area contributed by atoms with Crippen molar-refractivity contribution < 1.29 is 24.1 Å². The first-order valence-electron chi connectivity index (χ1n) is 7.36. The number of aromatic carboxylic acids is 1. The van der Waals surface area contributed by atoms with Crippen LogP contribution in [0.15, 0.2) is 30.3 Å². The molecule has 6 heteroatoms. The first-order valence-corrected chi connectivity index (χ1v) is 7.74. The molecule has 24 heavy (non-hydrogen) atoms. The monoisotopic (exact) mass is 350 g/mol. The van der Waals surface area contributed by atoms with Crippen LogP contribution in [0.5, 0.6) is 17.2 Å². The lowest BCUT2D eigenvalue weighted by Crippen LogP contribution is -2.11. The maximum absolute atomic E-state index is 11.0. The van der Waals surface area contributed by atoms with Crippen LogP contribution in [0.2, 0.25) is 5.02 Å². The van der Waals surface area contributed by atoms with Crippen molar-refractivity contribution in [2.45, 2.75) is 13.8 Å². The predicted molar refractivity (Wildman–Crippen MR) is 91.9 cm³/mol. The van der Waals surface area contributed by atoms with Crippen LogP contribution >= 0.6 is 11.6 Å². The Labute approximate surface area is 145 Å². The molecule has 0 spiro atoms. The SMILES string of the molecule is COc1cc(C(=O)O)cc(Cl)c1OCCOc1cccc(C)c1C. The van der Waals surface area contributed by atoms with Gasteiger partial charge >= 0.3 is 5.97 Å². The summed E-state index contributed by atoms with van der Waals surface area (Å²) < 4.78 is 16.5. The van der Waals surface area contributed by atoms with E-state index in [1.807, 2.05) is 32.0 Å². The van der Waals surface area contributed by atoms with Crippen LogP contribution in [0.3, 0.4) is 0 Å². The second-order valence-corrected chi connectivity index (χ2v) is 5.60. The van der Waals surface area contributed by atoms with E-state index in [0.29, 0.717) is 12.4 Å². The fourth-order valence-corrected chi connectivity index (χ4v) is 2.42. The molecule has 0 amide bonds. The molecule has 0 fully saturated rings. The summed E-state index contributed by atoms with van der Waals surface area (Å²) in [6, 6.07) is 8.55. The van der Waals surface area contributed by atoms with Crippen molar-refractivity contribution in [1.29, 1.82) is 0 Å². The van der Waals surface area contributed by atoms with Gasteiger partial charge in [-0.25, -0.2) is 4.79 Å². The Morgan fingerprint density at radius 1 is 1.12 bits per heavy atom. The summed E-state index contributed by atoms with van der Waals surface area (Å²) in [5.41, 5.74) is 2.28. The molecule has 128 valence electrons. The van der Waals surface area contributed by atoms with Crippen molar-refractivity contribution in [2.24, 2.45) is 0 Å². The van der Waals surface area contributed by atoms with Gasteiger partial charge < -0.3 is 19.3 Å². The molecule has 0 heterocycles. The lowest BCUT2D eigenvalue weighted by Gasteiger charge is -2.14. The Morgan fingerprint density at radius 3 is 2.50 bits per heavy atom. The highest BCUT2D eigenvalue weighted by Crippen LogP contribution is 2.36. The second-order valence-electron chi connectivity index (χ2n) is 5.19. The molecule has 2 aromatic carbocycles. The van der Waals surface area contributed by atoms with E-state index in [1.165, 1.54) is 19.2 Å². The standard InChI is InChI=1S/C18H19ClO5/c1-11-5-4-6-15(12(11)2)23-7-8-24-17-14(19)9-13(18(20)21)10-16(17)22-3/h4-6,9-10H,7-8H2,1-3H3,(H,20,21). The molecule has 0 radical (unpaired) electrons. The Bertz CT molecular complexity index is 742. The Kier molecular flexibility index (Phi) is 5.93. The Morgan fingerprint density at radius 2 is 1.83 bits per heavy atom. The number of halogens is 1. The summed E-state index contributed by atoms with van der Waals surface area (Å²) >= 11 is 6.09.